The number of anilines is 1. The number of hydrogen-bond acceptors (Lipinski definition) is 4. The fraction of sp³-hybridized carbons (Fsp3) is 0.250. The molecule has 3 rings (SSSR count). The molecule has 0 radical (unpaired) electrons. The molecule has 0 aliphatic carbocycles. The van der Waals surface area contributed by atoms with Crippen molar-refractivity contribution in [3.05, 3.63) is 63.6 Å². The van der Waals surface area contributed by atoms with Gasteiger partial charge in [0.1, 0.15) is 0 Å². The second-order valence-electron chi connectivity index (χ2n) is 5.73. The van der Waals surface area contributed by atoms with Gasteiger partial charge in [-0.05, 0) is 41.5 Å². The van der Waals surface area contributed by atoms with E-state index in [0.717, 1.165) is 0 Å². The zero-order valence-corrected chi connectivity index (χ0v) is 14.2. The first-order chi connectivity index (χ1) is 11.7. The molecule has 0 bridgehead atoms. The van der Waals surface area contributed by atoms with Gasteiger partial charge in [-0.1, -0.05) is 35.3 Å². The van der Waals surface area contributed by atoms with E-state index >= 15 is 0 Å². The first kappa shape index (κ1) is 18.3. The zero-order chi connectivity index (χ0) is 18.2. The summed E-state index contributed by atoms with van der Waals surface area (Å²) >= 11 is 11.8. The van der Waals surface area contributed by atoms with E-state index in [0.29, 0.717) is 11.3 Å². The van der Waals surface area contributed by atoms with Crippen molar-refractivity contribution in [3.8, 4) is 0 Å². The SMILES string of the molecule is NNc1cccc(C2CC(c3cc(Cl)cc(Cl)c3)(C(F)(F)F)ON2)c1. The van der Waals surface area contributed by atoms with E-state index in [1.807, 2.05) is 0 Å². The van der Waals surface area contributed by atoms with Crippen LogP contribution in [0.5, 0.6) is 0 Å². The van der Waals surface area contributed by atoms with E-state index in [-0.39, 0.29) is 22.0 Å². The summed E-state index contributed by atoms with van der Waals surface area (Å²) in [5.74, 6) is 5.35. The highest BCUT2D eigenvalue weighted by molar-refractivity contribution is 6.34. The molecule has 0 spiro atoms. The van der Waals surface area contributed by atoms with E-state index in [9.17, 15) is 13.2 Å². The molecule has 134 valence electrons. The summed E-state index contributed by atoms with van der Waals surface area (Å²) in [7, 11) is 0. The van der Waals surface area contributed by atoms with Gasteiger partial charge < -0.3 is 5.43 Å². The summed E-state index contributed by atoms with van der Waals surface area (Å²) < 4.78 is 41.7. The Hall–Kier alpha value is -1.51. The summed E-state index contributed by atoms with van der Waals surface area (Å²) in [6, 6.07) is 9.84. The molecule has 1 aliphatic rings. The van der Waals surface area contributed by atoms with Crippen LogP contribution in [-0.4, -0.2) is 6.18 Å². The predicted octanol–water partition coefficient (Wildman–Crippen LogP) is 4.70. The van der Waals surface area contributed by atoms with E-state index in [4.69, 9.17) is 33.9 Å². The molecule has 9 heteroatoms. The Bertz CT molecular complexity index is 767. The monoisotopic (exact) mass is 391 g/mol. The Morgan fingerprint density at radius 2 is 1.84 bits per heavy atom. The molecule has 2 atom stereocenters. The lowest BCUT2D eigenvalue weighted by Gasteiger charge is -2.30. The van der Waals surface area contributed by atoms with Gasteiger partial charge in [0.05, 0.1) is 6.04 Å². The number of alkyl halides is 3. The third kappa shape index (κ3) is 3.43. The highest BCUT2D eigenvalue weighted by atomic mass is 35.5. The number of nitrogens with one attached hydrogen (secondary N) is 2. The van der Waals surface area contributed by atoms with Gasteiger partial charge >= 0.3 is 6.18 Å². The van der Waals surface area contributed by atoms with Crippen molar-refractivity contribution >= 4 is 28.9 Å². The van der Waals surface area contributed by atoms with Gasteiger partial charge in [-0.2, -0.15) is 18.7 Å². The number of nitrogens with two attached hydrogens (primary N) is 1. The molecule has 4 nitrogen and oxygen atoms in total. The summed E-state index contributed by atoms with van der Waals surface area (Å²) in [4.78, 5) is 5.10. The lowest BCUT2D eigenvalue weighted by atomic mass is 9.86. The van der Waals surface area contributed by atoms with E-state index < -0.39 is 17.8 Å². The van der Waals surface area contributed by atoms with Gasteiger partial charge in [0, 0.05) is 22.2 Å². The molecule has 1 heterocycles. The molecule has 2 aromatic carbocycles. The van der Waals surface area contributed by atoms with Crippen molar-refractivity contribution in [3.63, 3.8) is 0 Å². The third-order valence-corrected chi connectivity index (χ3v) is 4.55. The van der Waals surface area contributed by atoms with E-state index in [1.165, 1.54) is 18.2 Å². The number of halogens is 5. The van der Waals surface area contributed by atoms with Crippen LogP contribution in [0.25, 0.3) is 0 Å². The van der Waals surface area contributed by atoms with Crippen LogP contribution in [0.1, 0.15) is 23.6 Å². The van der Waals surface area contributed by atoms with Gasteiger partial charge in [0.15, 0.2) is 0 Å². The molecule has 0 aromatic heterocycles. The predicted molar refractivity (Wildman–Crippen MR) is 90.0 cm³/mol. The largest absolute Gasteiger partial charge is 0.423 e. The smallest absolute Gasteiger partial charge is 0.324 e. The first-order valence-corrected chi connectivity index (χ1v) is 8.04. The van der Waals surface area contributed by atoms with Crippen molar-refractivity contribution in [1.82, 2.24) is 5.48 Å². The molecular weight excluding hydrogens is 378 g/mol. The minimum Gasteiger partial charge on any atom is -0.324 e. The number of hydrazine groups is 1. The van der Waals surface area contributed by atoms with Gasteiger partial charge in [0.2, 0.25) is 5.60 Å². The minimum absolute atomic E-state index is 0.104. The molecule has 2 unspecified atom stereocenters. The van der Waals surface area contributed by atoms with Gasteiger partial charge in [-0.25, -0.2) is 0 Å². The summed E-state index contributed by atoms with van der Waals surface area (Å²) in [6.45, 7) is 0. The average Bonchev–Trinajstić information content (AvgIpc) is 3.00. The number of benzene rings is 2. The van der Waals surface area contributed by atoms with Crippen LogP contribution >= 0.6 is 23.2 Å². The van der Waals surface area contributed by atoms with E-state index in [1.54, 1.807) is 24.3 Å². The number of nitrogen functional groups attached to an aromatic ring is 1. The normalized spacial score (nSPS) is 23.7. The standard InChI is InChI=1S/C16H14Cl2F3N3O/c17-11-5-10(6-12(18)7-11)15(16(19,20)21)8-14(24-25-15)9-2-1-3-13(4-9)23-22/h1-7,14,23-24H,8,22H2. The minimum atomic E-state index is -4.67. The van der Waals surface area contributed by atoms with Crippen molar-refractivity contribution in [2.24, 2.45) is 5.84 Å². The highest BCUT2D eigenvalue weighted by Crippen LogP contribution is 2.51. The summed E-state index contributed by atoms with van der Waals surface area (Å²) in [5, 5.41) is 0.208. The van der Waals surface area contributed by atoms with Crippen LogP contribution in [0.4, 0.5) is 18.9 Å². The average molecular weight is 392 g/mol. The Balaban J connectivity index is 2.01. The number of hydroxylamine groups is 1. The molecule has 1 aliphatic heterocycles. The van der Waals surface area contributed by atoms with Crippen LogP contribution in [0, 0.1) is 0 Å². The maximum Gasteiger partial charge on any atom is 0.423 e. The fourth-order valence-corrected chi connectivity index (χ4v) is 3.40. The van der Waals surface area contributed by atoms with Crippen molar-refractivity contribution in [2.45, 2.75) is 24.2 Å². The fourth-order valence-electron chi connectivity index (χ4n) is 2.87. The molecule has 25 heavy (non-hydrogen) atoms. The zero-order valence-electron chi connectivity index (χ0n) is 12.7. The van der Waals surface area contributed by atoms with Crippen LogP contribution in [0.2, 0.25) is 10.0 Å². The Morgan fingerprint density at radius 3 is 2.44 bits per heavy atom. The van der Waals surface area contributed by atoms with Gasteiger partial charge in [-0.15, -0.1) is 0 Å². The van der Waals surface area contributed by atoms with Crippen LogP contribution < -0.4 is 16.7 Å². The highest BCUT2D eigenvalue weighted by Gasteiger charge is 2.62. The van der Waals surface area contributed by atoms with Crippen LogP contribution in [0.15, 0.2) is 42.5 Å². The molecular formula is C16H14Cl2F3N3O. The maximum absolute atomic E-state index is 13.9. The molecule has 2 aromatic rings. The molecule has 0 amide bonds. The molecule has 0 saturated carbocycles. The van der Waals surface area contributed by atoms with Gasteiger partial charge in [0.25, 0.3) is 0 Å². The lowest BCUT2D eigenvalue weighted by molar-refractivity contribution is -0.282. The van der Waals surface area contributed by atoms with E-state index in [2.05, 4.69) is 10.9 Å². The first-order valence-electron chi connectivity index (χ1n) is 7.28. The maximum atomic E-state index is 13.9. The Labute approximate surface area is 152 Å². The van der Waals surface area contributed by atoms with Crippen molar-refractivity contribution in [1.29, 1.82) is 0 Å². The Kier molecular flexibility index (Phi) is 4.87. The summed E-state index contributed by atoms with van der Waals surface area (Å²) in [6.07, 6.45) is -5.05. The molecule has 1 fully saturated rings. The van der Waals surface area contributed by atoms with Crippen molar-refractivity contribution < 1.29 is 18.0 Å². The second kappa shape index (κ2) is 6.66. The van der Waals surface area contributed by atoms with Gasteiger partial charge in [-0.3, -0.25) is 10.7 Å². The van der Waals surface area contributed by atoms with Crippen LogP contribution in [0.3, 0.4) is 0 Å². The van der Waals surface area contributed by atoms with Crippen molar-refractivity contribution in [2.75, 3.05) is 5.43 Å². The second-order valence-corrected chi connectivity index (χ2v) is 6.60. The number of hydrogen-bond donors (Lipinski definition) is 3. The molecule has 4 N–H and O–H groups in total. The Morgan fingerprint density at radius 1 is 1.16 bits per heavy atom. The quantitative estimate of drug-likeness (QED) is 0.524. The number of rotatable bonds is 3. The topological polar surface area (TPSA) is 59.3 Å². The van der Waals surface area contributed by atoms with Crippen LogP contribution in [-0.2, 0) is 10.4 Å². The lowest BCUT2D eigenvalue weighted by Crippen LogP contribution is -2.42. The third-order valence-electron chi connectivity index (χ3n) is 4.11. The molecule has 1 saturated heterocycles. The summed E-state index contributed by atoms with van der Waals surface area (Å²) in [5.41, 5.74) is 3.42.